The normalized spacial score (nSPS) is 34.2. The fourth-order valence-corrected chi connectivity index (χ4v) is 2.46. The van der Waals surface area contributed by atoms with E-state index in [4.69, 9.17) is 9.47 Å². The fourth-order valence-electron chi connectivity index (χ4n) is 2.46. The minimum absolute atomic E-state index is 0.126. The van der Waals surface area contributed by atoms with E-state index < -0.39 is 0 Å². The second-order valence-electron chi connectivity index (χ2n) is 4.83. The van der Waals surface area contributed by atoms with E-state index in [-0.39, 0.29) is 6.10 Å². The highest BCUT2D eigenvalue weighted by molar-refractivity contribution is 4.73. The zero-order valence-corrected chi connectivity index (χ0v) is 9.36. The standard InChI is InChI=1S/C12H22O3/c13-11-2-1-3-12(8-11)15-9-10-4-6-14-7-5-10/h10-13H,1-9H2. The van der Waals surface area contributed by atoms with Crippen LogP contribution in [0.4, 0.5) is 0 Å². The molecule has 0 aromatic heterocycles. The Morgan fingerprint density at radius 3 is 2.67 bits per heavy atom. The topological polar surface area (TPSA) is 38.7 Å². The van der Waals surface area contributed by atoms with Crippen molar-refractivity contribution < 1.29 is 14.6 Å². The highest BCUT2D eigenvalue weighted by atomic mass is 16.5. The van der Waals surface area contributed by atoms with Crippen LogP contribution in [0.25, 0.3) is 0 Å². The van der Waals surface area contributed by atoms with E-state index in [0.717, 1.165) is 58.3 Å². The van der Waals surface area contributed by atoms with Crippen LogP contribution in [0.2, 0.25) is 0 Å². The van der Waals surface area contributed by atoms with Crippen molar-refractivity contribution in [3.63, 3.8) is 0 Å². The van der Waals surface area contributed by atoms with Gasteiger partial charge in [0, 0.05) is 19.8 Å². The molecule has 0 aromatic carbocycles. The zero-order chi connectivity index (χ0) is 10.5. The van der Waals surface area contributed by atoms with Gasteiger partial charge in [0.2, 0.25) is 0 Å². The predicted octanol–water partition coefficient (Wildman–Crippen LogP) is 1.73. The Labute approximate surface area is 91.8 Å². The van der Waals surface area contributed by atoms with Crippen LogP contribution in [0, 0.1) is 5.92 Å². The van der Waals surface area contributed by atoms with Crippen LogP contribution in [-0.2, 0) is 9.47 Å². The van der Waals surface area contributed by atoms with Gasteiger partial charge in [-0.1, -0.05) is 0 Å². The van der Waals surface area contributed by atoms with Crippen LogP contribution in [0.15, 0.2) is 0 Å². The Morgan fingerprint density at radius 1 is 1.13 bits per heavy atom. The molecule has 2 rings (SSSR count). The molecule has 1 aliphatic carbocycles. The second-order valence-corrected chi connectivity index (χ2v) is 4.83. The lowest BCUT2D eigenvalue weighted by Crippen LogP contribution is -2.29. The van der Waals surface area contributed by atoms with Crippen LogP contribution in [-0.4, -0.2) is 37.1 Å². The average molecular weight is 214 g/mol. The summed E-state index contributed by atoms with van der Waals surface area (Å²) in [6.07, 6.45) is 6.47. The molecule has 1 saturated carbocycles. The van der Waals surface area contributed by atoms with Gasteiger partial charge in [-0.05, 0) is 44.4 Å². The van der Waals surface area contributed by atoms with Gasteiger partial charge in [-0.2, -0.15) is 0 Å². The first-order chi connectivity index (χ1) is 7.34. The molecule has 2 unspecified atom stereocenters. The molecule has 3 nitrogen and oxygen atoms in total. The van der Waals surface area contributed by atoms with Crippen LogP contribution in [0.5, 0.6) is 0 Å². The number of aliphatic hydroxyl groups excluding tert-OH is 1. The third-order valence-corrected chi connectivity index (χ3v) is 3.51. The Balaban J connectivity index is 1.63. The predicted molar refractivity (Wildman–Crippen MR) is 57.8 cm³/mol. The molecule has 0 aromatic rings. The lowest BCUT2D eigenvalue weighted by Gasteiger charge is -2.29. The Kier molecular flexibility index (Phi) is 4.42. The van der Waals surface area contributed by atoms with E-state index in [0.29, 0.717) is 12.0 Å². The summed E-state index contributed by atoms with van der Waals surface area (Å²) >= 11 is 0. The highest BCUT2D eigenvalue weighted by Gasteiger charge is 2.22. The van der Waals surface area contributed by atoms with Crippen LogP contribution >= 0.6 is 0 Å². The van der Waals surface area contributed by atoms with Gasteiger partial charge in [0.1, 0.15) is 0 Å². The molecule has 0 bridgehead atoms. The van der Waals surface area contributed by atoms with Gasteiger partial charge in [0.25, 0.3) is 0 Å². The zero-order valence-electron chi connectivity index (χ0n) is 9.36. The van der Waals surface area contributed by atoms with Crippen molar-refractivity contribution in [2.75, 3.05) is 19.8 Å². The maximum atomic E-state index is 9.52. The van der Waals surface area contributed by atoms with Crippen molar-refractivity contribution in [1.29, 1.82) is 0 Å². The molecular weight excluding hydrogens is 192 g/mol. The van der Waals surface area contributed by atoms with Gasteiger partial charge in [-0.3, -0.25) is 0 Å². The molecule has 1 heterocycles. The van der Waals surface area contributed by atoms with Gasteiger partial charge in [0.15, 0.2) is 0 Å². The molecule has 0 spiro atoms. The van der Waals surface area contributed by atoms with Crippen LogP contribution < -0.4 is 0 Å². The van der Waals surface area contributed by atoms with Gasteiger partial charge >= 0.3 is 0 Å². The first kappa shape index (κ1) is 11.4. The third-order valence-electron chi connectivity index (χ3n) is 3.51. The Hall–Kier alpha value is -0.120. The monoisotopic (exact) mass is 214 g/mol. The molecule has 88 valence electrons. The minimum Gasteiger partial charge on any atom is -0.393 e. The lowest BCUT2D eigenvalue weighted by molar-refractivity contribution is -0.0450. The van der Waals surface area contributed by atoms with E-state index in [2.05, 4.69) is 0 Å². The quantitative estimate of drug-likeness (QED) is 0.777. The summed E-state index contributed by atoms with van der Waals surface area (Å²) in [4.78, 5) is 0. The third kappa shape index (κ3) is 3.74. The Morgan fingerprint density at radius 2 is 1.93 bits per heavy atom. The van der Waals surface area contributed by atoms with Crippen LogP contribution in [0.3, 0.4) is 0 Å². The van der Waals surface area contributed by atoms with Crippen molar-refractivity contribution in [3.05, 3.63) is 0 Å². The number of rotatable bonds is 3. The van der Waals surface area contributed by atoms with Crippen LogP contribution in [0.1, 0.15) is 38.5 Å². The summed E-state index contributed by atoms with van der Waals surface area (Å²) in [7, 11) is 0. The van der Waals surface area contributed by atoms with Crippen molar-refractivity contribution in [2.45, 2.75) is 50.7 Å². The maximum absolute atomic E-state index is 9.52. The van der Waals surface area contributed by atoms with Gasteiger partial charge in [-0.15, -0.1) is 0 Å². The smallest absolute Gasteiger partial charge is 0.0599 e. The molecule has 1 N–H and O–H groups in total. The SMILES string of the molecule is OC1CCCC(OCC2CCOCC2)C1. The van der Waals surface area contributed by atoms with E-state index in [1.165, 1.54) is 0 Å². The molecular formula is C12H22O3. The molecule has 0 amide bonds. The number of ether oxygens (including phenoxy) is 2. The number of hydrogen-bond acceptors (Lipinski definition) is 3. The van der Waals surface area contributed by atoms with Crippen molar-refractivity contribution in [2.24, 2.45) is 5.92 Å². The molecule has 1 aliphatic heterocycles. The second kappa shape index (κ2) is 5.83. The Bertz CT molecular complexity index is 178. The lowest BCUT2D eigenvalue weighted by atomic mass is 9.94. The summed E-state index contributed by atoms with van der Waals surface area (Å²) in [6, 6.07) is 0. The summed E-state index contributed by atoms with van der Waals surface area (Å²) in [5, 5.41) is 9.52. The first-order valence-corrected chi connectivity index (χ1v) is 6.22. The molecule has 1 saturated heterocycles. The number of aliphatic hydroxyl groups is 1. The first-order valence-electron chi connectivity index (χ1n) is 6.22. The highest BCUT2D eigenvalue weighted by Crippen LogP contribution is 2.23. The van der Waals surface area contributed by atoms with E-state index in [1.807, 2.05) is 0 Å². The molecule has 3 heteroatoms. The van der Waals surface area contributed by atoms with Crippen molar-refractivity contribution in [3.8, 4) is 0 Å². The summed E-state index contributed by atoms with van der Waals surface area (Å²) in [5.74, 6) is 0.679. The van der Waals surface area contributed by atoms with Gasteiger partial charge in [-0.25, -0.2) is 0 Å². The fraction of sp³-hybridized carbons (Fsp3) is 1.00. The minimum atomic E-state index is -0.126. The molecule has 2 fully saturated rings. The van der Waals surface area contributed by atoms with E-state index in [9.17, 15) is 5.11 Å². The summed E-state index contributed by atoms with van der Waals surface area (Å²) < 4.78 is 11.2. The average Bonchev–Trinajstić information content (AvgIpc) is 2.28. The largest absolute Gasteiger partial charge is 0.393 e. The van der Waals surface area contributed by atoms with E-state index in [1.54, 1.807) is 0 Å². The molecule has 0 radical (unpaired) electrons. The van der Waals surface area contributed by atoms with Gasteiger partial charge < -0.3 is 14.6 Å². The molecule has 2 atom stereocenters. The number of hydrogen-bond donors (Lipinski definition) is 1. The van der Waals surface area contributed by atoms with E-state index >= 15 is 0 Å². The molecule has 15 heavy (non-hydrogen) atoms. The maximum Gasteiger partial charge on any atom is 0.0599 e. The van der Waals surface area contributed by atoms with Crippen molar-refractivity contribution in [1.82, 2.24) is 0 Å². The molecule has 2 aliphatic rings. The van der Waals surface area contributed by atoms with Crippen molar-refractivity contribution >= 4 is 0 Å². The van der Waals surface area contributed by atoms with Gasteiger partial charge in [0.05, 0.1) is 12.2 Å². The summed E-state index contributed by atoms with van der Waals surface area (Å²) in [5.41, 5.74) is 0. The summed E-state index contributed by atoms with van der Waals surface area (Å²) in [6.45, 7) is 2.64.